The summed E-state index contributed by atoms with van der Waals surface area (Å²) in [5.41, 5.74) is 3.20. The van der Waals surface area contributed by atoms with Crippen LogP contribution in [0.25, 0.3) is 16.3 Å². The molecule has 0 saturated carbocycles. The zero-order valence-corrected chi connectivity index (χ0v) is 16.3. The molecule has 0 aliphatic carbocycles. The van der Waals surface area contributed by atoms with Gasteiger partial charge in [0.2, 0.25) is 4.96 Å². The van der Waals surface area contributed by atoms with Gasteiger partial charge in [-0.3, -0.25) is 14.9 Å². The minimum Gasteiger partial charge on any atom is -0.352 e. The van der Waals surface area contributed by atoms with Crippen LogP contribution in [0.1, 0.15) is 21.6 Å². The average Bonchev–Trinajstić information content (AvgIpc) is 3.30. The van der Waals surface area contributed by atoms with Gasteiger partial charge in [0.05, 0.1) is 10.6 Å². The largest absolute Gasteiger partial charge is 0.352 e. The molecule has 1 N–H and O–H groups in total. The molecule has 146 valence electrons. The van der Waals surface area contributed by atoms with E-state index in [4.69, 9.17) is 0 Å². The highest BCUT2D eigenvalue weighted by Crippen LogP contribution is 2.23. The molecule has 0 unspecified atom stereocenters. The van der Waals surface area contributed by atoms with E-state index in [1.807, 2.05) is 36.6 Å². The number of carbonyl (C=O) groups excluding carboxylic acids is 1. The van der Waals surface area contributed by atoms with Crippen molar-refractivity contribution in [3.05, 3.63) is 80.8 Å². The number of amides is 1. The third-order valence-electron chi connectivity index (χ3n) is 4.52. The normalized spacial score (nSPS) is 10.9. The molecule has 0 spiro atoms. The number of hydrogen-bond donors (Lipinski definition) is 1. The molecule has 0 aliphatic heterocycles. The number of nitro benzene ring substituents is 1. The summed E-state index contributed by atoms with van der Waals surface area (Å²) in [4.78, 5) is 28.0. The number of thiazole rings is 1. The lowest BCUT2D eigenvalue weighted by Crippen LogP contribution is -2.26. The highest BCUT2D eigenvalue weighted by atomic mass is 32.1. The van der Waals surface area contributed by atoms with E-state index in [0.717, 1.165) is 21.8 Å². The van der Waals surface area contributed by atoms with Gasteiger partial charge in [0, 0.05) is 41.6 Å². The van der Waals surface area contributed by atoms with Gasteiger partial charge in [-0.05, 0) is 18.6 Å². The number of aromatic nitrogens is 3. The molecule has 0 fully saturated rings. The maximum atomic E-state index is 12.3. The monoisotopic (exact) mass is 407 g/mol. The Hall–Kier alpha value is -3.59. The summed E-state index contributed by atoms with van der Waals surface area (Å²) in [5.74, 6) is 0.330. The van der Waals surface area contributed by atoms with Gasteiger partial charge in [-0.2, -0.15) is 4.98 Å². The highest BCUT2D eigenvalue weighted by molar-refractivity contribution is 7.15. The van der Waals surface area contributed by atoms with E-state index in [-0.39, 0.29) is 17.2 Å². The fourth-order valence-electron chi connectivity index (χ4n) is 3.00. The Morgan fingerprint density at radius 2 is 2.07 bits per heavy atom. The Morgan fingerprint density at radius 1 is 1.24 bits per heavy atom. The molecule has 1 amide bonds. The Bertz CT molecular complexity index is 1210. The second-order valence-electron chi connectivity index (χ2n) is 6.49. The zero-order valence-electron chi connectivity index (χ0n) is 15.5. The summed E-state index contributed by atoms with van der Waals surface area (Å²) in [6.45, 7) is 2.40. The molecule has 0 bridgehead atoms. The van der Waals surface area contributed by atoms with Crippen LogP contribution in [0, 0.1) is 17.0 Å². The van der Waals surface area contributed by atoms with E-state index in [9.17, 15) is 14.9 Å². The van der Waals surface area contributed by atoms with Gasteiger partial charge in [-0.1, -0.05) is 30.3 Å². The van der Waals surface area contributed by atoms with Crippen molar-refractivity contribution in [2.45, 2.75) is 13.3 Å². The smallest absolute Gasteiger partial charge is 0.270 e. The summed E-state index contributed by atoms with van der Waals surface area (Å²) in [6.07, 6.45) is 0.567. The lowest BCUT2D eigenvalue weighted by atomic mass is 10.1. The van der Waals surface area contributed by atoms with E-state index in [0.29, 0.717) is 18.8 Å². The molecule has 2 aromatic heterocycles. The number of fused-ring (bicyclic) bond motifs is 1. The number of nitrogens with one attached hydrogen (secondary N) is 1. The third kappa shape index (κ3) is 3.85. The molecule has 8 nitrogen and oxygen atoms in total. The van der Waals surface area contributed by atoms with Crippen molar-refractivity contribution in [1.29, 1.82) is 0 Å². The minimum absolute atomic E-state index is 0.108. The maximum absolute atomic E-state index is 12.3. The highest BCUT2D eigenvalue weighted by Gasteiger charge is 2.14. The Balaban J connectivity index is 1.45. The minimum atomic E-state index is -0.518. The second kappa shape index (κ2) is 7.80. The van der Waals surface area contributed by atoms with Crippen molar-refractivity contribution < 1.29 is 9.72 Å². The van der Waals surface area contributed by atoms with Crippen molar-refractivity contribution in [1.82, 2.24) is 19.9 Å². The molecule has 0 saturated heterocycles. The van der Waals surface area contributed by atoms with Crippen molar-refractivity contribution in [2.75, 3.05) is 6.54 Å². The van der Waals surface area contributed by atoms with E-state index in [1.165, 1.54) is 29.5 Å². The zero-order chi connectivity index (χ0) is 20.4. The molecule has 0 atom stereocenters. The fourth-order valence-corrected chi connectivity index (χ4v) is 3.86. The summed E-state index contributed by atoms with van der Waals surface area (Å²) < 4.78 is 1.80. The molecule has 2 aromatic carbocycles. The summed E-state index contributed by atoms with van der Waals surface area (Å²) >= 11 is 1.50. The van der Waals surface area contributed by atoms with Crippen LogP contribution in [0.15, 0.2) is 53.9 Å². The number of rotatable bonds is 6. The number of nitrogens with zero attached hydrogens (tertiary/aromatic N) is 4. The summed E-state index contributed by atoms with van der Waals surface area (Å²) in [6, 6.07) is 13.6. The van der Waals surface area contributed by atoms with Gasteiger partial charge < -0.3 is 5.32 Å². The van der Waals surface area contributed by atoms with Crippen molar-refractivity contribution in [3.63, 3.8) is 0 Å². The van der Waals surface area contributed by atoms with Gasteiger partial charge in [-0.25, -0.2) is 4.52 Å². The Kier molecular flexibility index (Phi) is 5.05. The summed E-state index contributed by atoms with van der Waals surface area (Å²) in [7, 11) is 0. The lowest BCUT2D eigenvalue weighted by molar-refractivity contribution is -0.384. The van der Waals surface area contributed by atoms with Crippen LogP contribution < -0.4 is 5.32 Å². The van der Waals surface area contributed by atoms with Crippen LogP contribution in [-0.4, -0.2) is 32.0 Å². The van der Waals surface area contributed by atoms with E-state index in [2.05, 4.69) is 15.4 Å². The quantitative estimate of drug-likeness (QED) is 0.388. The first-order chi connectivity index (χ1) is 14.0. The van der Waals surface area contributed by atoms with Crippen molar-refractivity contribution in [3.8, 4) is 11.4 Å². The molecule has 0 aliphatic rings. The first kappa shape index (κ1) is 18.8. The van der Waals surface area contributed by atoms with Gasteiger partial charge in [-0.15, -0.1) is 16.4 Å². The van der Waals surface area contributed by atoms with E-state index >= 15 is 0 Å². The van der Waals surface area contributed by atoms with Gasteiger partial charge >= 0.3 is 0 Å². The number of non-ortho nitro benzene ring substituents is 1. The molecule has 29 heavy (non-hydrogen) atoms. The van der Waals surface area contributed by atoms with Gasteiger partial charge in [0.1, 0.15) is 0 Å². The molecule has 2 heterocycles. The number of aryl methyl sites for hydroxylation is 1. The number of carbonyl (C=O) groups is 1. The predicted molar refractivity (Wildman–Crippen MR) is 110 cm³/mol. The lowest BCUT2D eigenvalue weighted by Gasteiger charge is -2.04. The van der Waals surface area contributed by atoms with Crippen molar-refractivity contribution in [2.24, 2.45) is 0 Å². The van der Waals surface area contributed by atoms with E-state index in [1.54, 1.807) is 10.6 Å². The SMILES string of the molecule is Cc1ccccc1-c1nc2scc(CCNC(=O)c3cccc([N+](=O)[O-])c3)n2n1. The second-order valence-corrected chi connectivity index (χ2v) is 7.32. The standard InChI is InChI=1S/C20H17N5O3S/c1-13-5-2-3-8-17(13)18-22-20-24(23-18)16(12-29-20)9-10-21-19(26)14-6-4-7-15(11-14)25(27)28/h2-8,11-12H,9-10H2,1H3,(H,21,26). The predicted octanol–water partition coefficient (Wildman–Crippen LogP) is 3.65. The van der Waals surface area contributed by atoms with Crippen LogP contribution in [0.4, 0.5) is 5.69 Å². The van der Waals surface area contributed by atoms with Crippen LogP contribution in [0.3, 0.4) is 0 Å². The Labute approximate surface area is 170 Å². The molecule has 4 rings (SSSR count). The first-order valence-corrected chi connectivity index (χ1v) is 9.82. The van der Waals surface area contributed by atoms with Crippen LogP contribution in [0.2, 0.25) is 0 Å². The Morgan fingerprint density at radius 3 is 2.86 bits per heavy atom. The van der Waals surface area contributed by atoms with E-state index < -0.39 is 4.92 Å². The molecular weight excluding hydrogens is 390 g/mol. The van der Waals surface area contributed by atoms with Crippen LogP contribution >= 0.6 is 11.3 Å². The van der Waals surface area contributed by atoms with Crippen LogP contribution in [0.5, 0.6) is 0 Å². The molecule has 9 heteroatoms. The molecule has 0 radical (unpaired) electrons. The number of benzene rings is 2. The third-order valence-corrected chi connectivity index (χ3v) is 5.39. The van der Waals surface area contributed by atoms with Crippen molar-refractivity contribution >= 4 is 27.9 Å². The van der Waals surface area contributed by atoms with Gasteiger partial charge in [0.25, 0.3) is 11.6 Å². The topological polar surface area (TPSA) is 102 Å². The van der Waals surface area contributed by atoms with Gasteiger partial charge in [0.15, 0.2) is 5.82 Å². The average molecular weight is 407 g/mol. The molecular formula is C20H17N5O3S. The summed E-state index contributed by atoms with van der Waals surface area (Å²) in [5, 5.41) is 20.2. The number of nitro groups is 1. The van der Waals surface area contributed by atoms with Crippen LogP contribution in [-0.2, 0) is 6.42 Å². The molecule has 4 aromatic rings. The maximum Gasteiger partial charge on any atom is 0.270 e. The first-order valence-electron chi connectivity index (χ1n) is 8.95. The number of hydrogen-bond acceptors (Lipinski definition) is 6. The fraction of sp³-hybridized carbons (Fsp3) is 0.150.